The Hall–Kier alpha value is -0.100. The Balaban J connectivity index is 0. The SMILES string of the molecule is CC(=O)[O-].CC[P+](C)(CC)CC. The van der Waals surface area contributed by atoms with Gasteiger partial charge in [-0.3, -0.25) is 0 Å². The molecule has 0 atom stereocenters. The molecule has 0 saturated heterocycles. The van der Waals surface area contributed by atoms with Crippen LogP contribution in [0.5, 0.6) is 0 Å². The van der Waals surface area contributed by atoms with Crippen molar-refractivity contribution in [3.8, 4) is 0 Å². The molecule has 0 aliphatic carbocycles. The fourth-order valence-electron chi connectivity index (χ4n) is 0.671. The van der Waals surface area contributed by atoms with Gasteiger partial charge >= 0.3 is 0 Å². The Labute approximate surface area is 76.7 Å². The van der Waals surface area contributed by atoms with Crippen molar-refractivity contribution in [1.29, 1.82) is 0 Å². The Morgan fingerprint density at radius 3 is 1.33 bits per heavy atom. The number of hydrogen-bond acceptors (Lipinski definition) is 2. The molecule has 0 aromatic rings. The molecule has 0 aliphatic heterocycles. The minimum Gasteiger partial charge on any atom is -0.550 e. The van der Waals surface area contributed by atoms with Crippen molar-refractivity contribution in [2.75, 3.05) is 25.2 Å². The molecule has 0 bridgehead atoms. The molecule has 0 heterocycles. The Morgan fingerprint density at radius 1 is 1.17 bits per heavy atom. The smallest absolute Gasteiger partial charge is 0.0563 e. The van der Waals surface area contributed by atoms with Crippen molar-refractivity contribution in [1.82, 2.24) is 0 Å². The average molecular weight is 192 g/mol. The largest absolute Gasteiger partial charge is 0.550 e. The second-order valence-corrected chi connectivity index (χ2v) is 8.20. The Bertz CT molecular complexity index is 107. The van der Waals surface area contributed by atoms with Crippen LogP contribution >= 0.6 is 7.26 Å². The first-order valence-corrected chi connectivity index (χ1v) is 7.22. The van der Waals surface area contributed by atoms with Crippen molar-refractivity contribution >= 4 is 13.2 Å². The molecular weight excluding hydrogens is 171 g/mol. The highest BCUT2D eigenvalue weighted by Gasteiger charge is 2.22. The topological polar surface area (TPSA) is 40.1 Å². The summed E-state index contributed by atoms with van der Waals surface area (Å²) in [5.74, 6) is -1.08. The summed E-state index contributed by atoms with van der Waals surface area (Å²) in [5, 5.41) is 8.89. The van der Waals surface area contributed by atoms with E-state index < -0.39 is 13.2 Å². The van der Waals surface area contributed by atoms with E-state index in [-0.39, 0.29) is 0 Å². The lowest BCUT2D eigenvalue weighted by atomic mass is 10.9. The third-order valence-corrected chi connectivity index (χ3v) is 6.87. The molecule has 0 aromatic carbocycles. The zero-order chi connectivity index (χ0) is 10.2. The van der Waals surface area contributed by atoms with E-state index in [0.717, 1.165) is 6.92 Å². The monoisotopic (exact) mass is 192 g/mol. The number of carboxylic acid groups (broad SMARTS) is 1. The zero-order valence-corrected chi connectivity index (χ0v) is 9.78. The number of rotatable bonds is 3. The lowest BCUT2D eigenvalue weighted by molar-refractivity contribution is -0.302. The van der Waals surface area contributed by atoms with Gasteiger partial charge in [-0.2, -0.15) is 0 Å². The summed E-state index contributed by atoms with van der Waals surface area (Å²) in [4.78, 5) is 8.89. The molecule has 0 N–H and O–H groups in total. The number of hydrogen-bond donors (Lipinski definition) is 0. The minimum absolute atomic E-state index is 0.412. The van der Waals surface area contributed by atoms with Gasteiger partial charge < -0.3 is 9.90 Å². The van der Waals surface area contributed by atoms with Crippen LogP contribution in [0.25, 0.3) is 0 Å². The van der Waals surface area contributed by atoms with Gasteiger partial charge in [0.05, 0.1) is 18.5 Å². The molecule has 12 heavy (non-hydrogen) atoms. The van der Waals surface area contributed by atoms with Gasteiger partial charge in [-0.15, -0.1) is 0 Å². The average Bonchev–Trinajstić information content (AvgIpc) is 2.02. The van der Waals surface area contributed by atoms with E-state index in [1.54, 1.807) is 0 Å². The van der Waals surface area contributed by atoms with Crippen LogP contribution in [0.15, 0.2) is 0 Å². The summed E-state index contributed by atoms with van der Waals surface area (Å²) in [7, 11) is -0.412. The molecule has 2 nitrogen and oxygen atoms in total. The van der Waals surface area contributed by atoms with Gasteiger partial charge in [0.2, 0.25) is 0 Å². The second-order valence-electron chi connectivity index (χ2n) is 3.06. The van der Waals surface area contributed by atoms with Gasteiger partial charge in [-0.25, -0.2) is 0 Å². The highest BCUT2D eigenvalue weighted by Crippen LogP contribution is 2.53. The van der Waals surface area contributed by atoms with Gasteiger partial charge in [0.15, 0.2) is 0 Å². The molecule has 0 radical (unpaired) electrons. The van der Waals surface area contributed by atoms with Gasteiger partial charge in [-0.1, -0.05) is 0 Å². The molecular formula is C9H21O2P. The van der Waals surface area contributed by atoms with E-state index in [0.29, 0.717) is 0 Å². The van der Waals surface area contributed by atoms with Crippen LogP contribution in [0.1, 0.15) is 27.7 Å². The molecule has 0 rings (SSSR count). The molecule has 0 saturated carbocycles. The standard InChI is InChI=1S/C7H18P.C2H4O2/c1-5-8(4,6-2)7-3;1-2(3)4/h5-7H2,1-4H3;1H3,(H,3,4)/q+1;/p-1. The van der Waals surface area contributed by atoms with E-state index in [9.17, 15) is 0 Å². The van der Waals surface area contributed by atoms with Crippen LogP contribution in [0, 0.1) is 0 Å². The van der Waals surface area contributed by atoms with Gasteiger partial charge in [0.25, 0.3) is 0 Å². The van der Waals surface area contributed by atoms with Crippen molar-refractivity contribution in [3.63, 3.8) is 0 Å². The van der Waals surface area contributed by atoms with Crippen LogP contribution in [0.2, 0.25) is 0 Å². The summed E-state index contributed by atoms with van der Waals surface area (Å²) < 4.78 is 0. The summed E-state index contributed by atoms with van der Waals surface area (Å²) >= 11 is 0. The van der Waals surface area contributed by atoms with Crippen molar-refractivity contribution in [2.45, 2.75) is 27.7 Å². The number of carbonyl (C=O) groups excluding carboxylic acids is 1. The predicted molar refractivity (Wildman–Crippen MR) is 55.1 cm³/mol. The van der Waals surface area contributed by atoms with Crippen LogP contribution in [-0.4, -0.2) is 31.1 Å². The first-order valence-electron chi connectivity index (χ1n) is 4.43. The van der Waals surface area contributed by atoms with Gasteiger partial charge in [0, 0.05) is 19.9 Å². The van der Waals surface area contributed by atoms with E-state index in [1.807, 2.05) is 0 Å². The normalized spacial score (nSPS) is 10.1. The van der Waals surface area contributed by atoms with Crippen LogP contribution < -0.4 is 5.11 Å². The summed E-state index contributed by atoms with van der Waals surface area (Å²) in [6.45, 7) is 10.4. The van der Waals surface area contributed by atoms with E-state index in [4.69, 9.17) is 9.90 Å². The molecule has 0 unspecified atom stereocenters. The molecule has 0 amide bonds. The van der Waals surface area contributed by atoms with E-state index in [2.05, 4.69) is 27.4 Å². The third-order valence-electron chi connectivity index (χ3n) is 2.29. The molecule has 3 heteroatoms. The Kier molecular flexibility index (Phi) is 9.07. The first kappa shape index (κ1) is 14.4. The molecule has 0 aliphatic rings. The van der Waals surface area contributed by atoms with Crippen LogP contribution in [-0.2, 0) is 4.79 Å². The fraction of sp³-hybridized carbons (Fsp3) is 0.889. The molecule has 74 valence electrons. The highest BCUT2D eigenvalue weighted by molar-refractivity contribution is 7.75. The summed E-state index contributed by atoms with van der Waals surface area (Å²) in [6.07, 6.45) is 4.29. The lowest BCUT2D eigenvalue weighted by Crippen LogP contribution is -2.16. The predicted octanol–water partition coefficient (Wildman–Crippen LogP) is 1.45. The minimum atomic E-state index is -1.08. The van der Waals surface area contributed by atoms with Gasteiger partial charge in [-0.05, 0) is 27.7 Å². The third kappa shape index (κ3) is 9.90. The fourth-order valence-corrected chi connectivity index (χ4v) is 2.01. The maximum absolute atomic E-state index is 8.89. The number of aliphatic carboxylic acids is 1. The van der Waals surface area contributed by atoms with Crippen molar-refractivity contribution < 1.29 is 9.90 Å². The Morgan fingerprint density at radius 2 is 1.33 bits per heavy atom. The molecule has 0 spiro atoms. The maximum atomic E-state index is 8.89. The summed E-state index contributed by atoms with van der Waals surface area (Å²) in [6, 6.07) is 0. The maximum Gasteiger partial charge on any atom is 0.0563 e. The molecule has 0 fully saturated rings. The number of carboxylic acids is 1. The first-order chi connectivity index (χ1) is 5.41. The lowest BCUT2D eigenvalue weighted by Gasteiger charge is -2.16. The van der Waals surface area contributed by atoms with Crippen LogP contribution in [0.4, 0.5) is 0 Å². The van der Waals surface area contributed by atoms with Gasteiger partial charge in [0.1, 0.15) is 0 Å². The van der Waals surface area contributed by atoms with E-state index >= 15 is 0 Å². The number of carbonyl (C=O) groups is 1. The quantitative estimate of drug-likeness (QED) is 0.635. The van der Waals surface area contributed by atoms with Crippen molar-refractivity contribution in [2.24, 2.45) is 0 Å². The van der Waals surface area contributed by atoms with E-state index in [1.165, 1.54) is 18.5 Å². The molecule has 0 aromatic heterocycles. The second kappa shape index (κ2) is 7.54. The van der Waals surface area contributed by atoms with Crippen LogP contribution in [0.3, 0.4) is 0 Å². The van der Waals surface area contributed by atoms with Crippen molar-refractivity contribution in [3.05, 3.63) is 0 Å². The summed E-state index contributed by atoms with van der Waals surface area (Å²) in [5.41, 5.74) is 0. The highest BCUT2D eigenvalue weighted by atomic mass is 31.2. The zero-order valence-electron chi connectivity index (χ0n) is 8.89.